The number of hydrogen-bond acceptors (Lipinski definition) is 9. The van der Waals surface area contributed by atoms with Crippen LogP contribution in [0.5, 0.6) is 11.5 Å². The Hall–Kier alpha value is -3.75. The van der Waals surface area contributed by atoms with E-state index in [1.54, 1.807) is 12.3 Å². The molecule has 0 bridgehead atoms. The minimum absolute atomic E-state index is 0.0490. The number of ether oxygens (including phenoxy) is 3. The fourth-order valence-electron chi connectivity index (χ4n) is 5.66. The molecule has 2 aliphatic rings. The zero-order valence-electron chi connectivity index (χ0n) is 25.3. The second kappa shape index (κ2) is 14.8. The average Bonchev–Trinajstić information content (AvgIpc) is 3.47. The first-order valence-corrected chi connectivity index (χ1v) is 15.6. The van der Waals surface area contributed by atoms with Crippen LogP contribution in [0.2, 0.25) is 5.02 Å². The molecule has 1 aromatic heterocycles. The maximum atomic E-state index is 11.9. The van der Waals surface area contributed by atoms with Gasteiger partial charge in [0.05, 0.1) is 35.0 Å². The highest BCUT2D eigenvalue weighted by Crippen LogP contribution is 2.47. The Kier molecular flexibility index (Phi) is 10.8. The van der Waals surface area contributed by atoms with Crippen LogP contribution in [-0.4, -0.2) is 81.9 Å². The summed E-state index contributed by atoms with van der Waals surface area (Å²) in [7, 11) is 0. The predicted octanol–water partition coefficient (Wildman–Crippen LogP) is 5.21. The SMILES string of the molecule is CC1(Cl)C(c2ccccc2)=CC=CC1(COc1cc(OCc2cncc(C#N)c2)c(C=O)cc1Cl)OCC(O)CN1CC[C@@H](O)C1. The molecule has 11 heteroatoms. The number of nitrogens with zero attached hydrogens (tertiary/aromatic N) is 3. The highest BCUT2D eigenvalue weighted by Gasteiger charge is 2.52. The Morgan fingerprint density at radius 2 is 2.00 bits per heavy atom. The summed E-state index contributed by atoms with van der Waals surface area (Å²) in [6.07, 6.45) is 8.68. The number of aliphatic hydroxyl groups excluding tert-OH is 2. The molecular formula is C35H35Cl2N3O6. The number of hydrogen-bond donors (Lipinski definition) is 2. The number of likely N-dealkylation sites (tertiary alicyclic amines) is 1. The number of benzene rings is 2. The Labute approximate surface area is 278 Å². The van der Waals surface area contributed by atoms with Crippen LogP contribution >= 0.6 is 23.2 Å². The molecule has 2 aromatic carbocycles. The maximum absolute atomic E-state index is 11.9. The second-order valence-electron chi connectivity index (χ2n) is 11.6. The molecular weight excluding hydrogens is 629 g/mol. The van der Waals surface area contributed by atoms with Crippen molar-refractivity contribution < 1.29 is 29.2 Å². The van der Waals surface area contributed by atoms with Gasteiger partial charge in [-0.25, -0.2) is 0 Å². The molecule has 4 atom stereocenters. The summed E-state index contributed by atoms with van der Waals surface area (Å²) < 4.78 is 18.8. The monoisotopic (exact) mass is 663 g/mol. The van der Waals surface area contributed by atoms with Crippen molar-refractivity contribution in [3.8, 4) is 17.6 Å². The minimum atomic E-state index is -1.27. The van der Waals surface area contributed by atoms with Gasteiger partial charge >= 0.3 is 0 Å². The van der Waals surface area contributed by atoms with E-state index in [4.69, 9.17) is 37.4 Å². The number of allylic oxidation sites excluding steroid dienone is 2. The first-order chi connectivity index (χ1) is 22.1. The molecule has 1 aliphatic heterocycles. The molecule has 0 amide bonds. The van der Waals surface area contributed by atoms with E-state index >= 15 is 0 Å². The van der Waals surface area contributed by atoms with Crippen molar-refractivity contribution in [2.75, 3.05) is 32.8 Å². The third-order valence-corrected chi connectivity index (χ3v) is 9.03. The Morgan fingerprint density at radius 1 is 1.20 bits per heavy atom. The van der Waals surface area contributed by atoms with E-state index in [9.17, 15) is 20.3 Å². The number of pyridine rings is 1. The van der Waals surface area contributed by atoms with Crippen molar-refractivity contribution in [3.63, 3.8) is 0 Å². The minimum Gasteiger partial charge on any atom is -0.488 e. The van der Waals surface area contributed by atoms with E-state index in [1.165, 1.54) is 18.3 Å². The van der Waals surface area contributed by atoms with E-state index < -0.39 is 22.7 Å². The van der Waals surface area contributed by atoms with Crippen molar-refractivity contribution in [3.05, 3.63) is 106 Å². The standard InChI is InChI=1S/C35H35Cl2N3O6/c1-34(37)30(26-6-3-2-4-7-26)8-5-10-35(34,46-22-29(43)19-40-11-9-28(42)18-40)23-45-33-14-32(27(20-41)13-31(33)36)44-21-25-12-24(15-38)16-39-17-25/h2-8,10,12-14,16-17,20,28-29,42-43H,9,11,18-19,21-23H2,1H3/t28-,29?,34?,35?/m1/s1. The maximum Gasteiger partial charge on any atom is 0.153 e. The van der Waals surface area contributed by atoms with Gasteiger partial charge in [-0.1, -0.05) is 54.1 Å². The van der Waals surface area contributed by atoms with Gasteiger partial charge in [-0.15, -0.1) is 11.6 Å². The van der Waals surface area contributed by atoms with Gasteiger partial charge in [0, 0.05) is 43.7 Å². The first kappa shape index (κ1) is 33.6. The molecule has 3 unspecified atom stereocenters. The smallest absolute Gasteiger partial charge is 0.153 e. The molecule has 5 rings (SSSR count). The molecule has 2 N–H and O–H groups in total. The lowest BCUT2D eigenvalue weighted by Gasteiger charge is -2.46. The summed E-state index contributed by atoms with van der Waals surface area (Å²) in [6.45, 7) is 3.28. The molecule has 1 fully saturated rings. The number of aldehydes is 1. The molecule has 2 heterocycles. The molecule has 3 aromatic rings. The molecule has 46 heavy (non-hydrogen) atoms. The Balaban J connectivity index is 1.39. The van der Waals surface area contributed by atoms with Crippen LogP contribution in [0.1, 0.15) is 40.4 Å². The van der Waals surface area contributed by atoms with Gasteiger partial charge in [0.15, 0.2) is 6.29 Å². The molecule has 0 radical (unpaired) electrons. The largest absolute Gasteiger partial charge is 0.488 e. The number of rotatable bonds is 13. The van der Waals surface area contributed by atoms with Crippen LogP contribution in [0.15, 0.2) is 79.2 Å². The molecule has 0 spiro atoms. The zero-order valence-corrected chi connectivity index (χ0v) is 26.8. The number of carbonyl (C=O) groups is 1. The van der Waals surface area contributed by atoms with Crippen LogP contribution in [0.25, 0.3) is 5.57 Å². The van der Waals surface area contributed by atoms with Gasteiger partial charge in [0.1, 0.15) is 41.3 Å². The number of nitriles is 1. The number of carbonyl (C=O) groups excluding carboxylic acids is 1. The molecule has 9 nitrogen and oxygen atoms in total. The number of β-amino-alcohol motifs (C(OH)–C–C–N with tert-alkyl or cyclic N) is 2. The average molecular weight is 665 g/mol. The van der Waals surface area contributed by atoms with E-state index in [1.807, 2.05) is 66.5 Å². The van der Waals surface area contributed by atoms with Crippen molar-refractivity contribution in [1.82, 2.24) is 9.88 Å². The number of alkyl halides is 1. The fraction of sp³-hybridized carbons (Fsp3) is 0.343. The first-order valence-electron chi connectivity index (χ1n) is 14.9. The number of aromatic nitrogens is 1. The van der Waals surface area contributed by atoms with Gasteiger partial charge in [-0.05, 0) is 42.7 Å². The van der Waals surface area contributed by atoms with Crippen LogP contribution in [-0.2, 0) is 11.3 Å². The summed E-state index contributed by atoms with van der Waals surface area (Å²) in [5, 5.41) is 30.2. The van der Waals surface area contributed by atoms with Crippen LogP contribution in [0, 0.1) is 11.3 Å². The van der Waals surface area contributed by atoms with Crippen molar-refractivity contribution >= 4 is 35.1 Å². The van der Waals surface area contributed by atoms with Crippen LogP contribution in [0.3, 0.4) is 0 Å². The lowest BCUT2D eigenvalue weighted by Crippen LogP contribution is -2.56. The topological polar surface area (TPSA) is 125 Å². The van der Waals surface area contributed by atoms with E-state index in [2.05, 4.69) is 4.98 Å². The summed E-state index contributed by atoms with van der Waals surface area (Å²) in [5.74, 6) is 0.463. The van der Waals surface area contributed by atoms with Gasteiger partial charge in [0.2, 0.25) is 0 Å². The molecule has 1 saturated heterocycles. The van der Waals surface area contributed by atoms with Crippen molar-refractivity contribution in [2.45, 2.75) is 42.6 Å². The quantitative estimate of drug-likeness (QED) is 0.187. The number of halogens is 2. The van der Waals surface area contributed by atoms with E-state index in [-0.39, 0.29) is 41.9 Å². The Bertz CT molecular complexity index is 1640. The predicted molar refractivity (Wildman–Crippen MR) is 175 cm³/mol. The van der Waals surface area contributed by atoms with Crippen LogP contribution < -0.4 is 9.47 Å². The van der Waals surface area contributed by atoms with Gasteiger partial charge in [-0.3, -0.25) is 14.7 Å². The second-order valence-corrected chi connectivity index (χ2v) is 12.7. The third-order valence-electron chi connectivity index (χ3n) is 8.22. The van der Waals surface area contributed by atoms with Crippen molar-refractivity contribution in [2.24, 2.45) is 0 Å². The van der Waals surface area contributed by atoms with Gasteiger partial charge in [0.25, 0.3) is 0 Å². The fourth-order valence-corrected chi connectivity index (χ4v) is 6.23. The summed E-state index contributed by atoms with van der Waals surface area (Å²) >= 11 is 14.0. The zero-order chi connectivity index (χ0) is 32.7. The summed E-state index contributed by atoms with van der Waals surface area (Å²) in [5.41, 5.74) is 1.70. The highest BCUT2D eigenvalue weighted by atomic mass is 35.5. The Morgan fingerprint density at radius 3 is 2.72 bits per heavy atom. The molecule has 240 valence electrons. The summed E-state index contributed by atoms with van der Waals surface area (Å²) in [6, 6.07) is 16.4. The molecule has 0 saturated carbocycles. The van der Waals surface area contributed by atoms with E-state index in [0.29, 0.717) is 43.5 Å². The normalized spacial score (nSPS) is 23.4. The highest BCUT2D eigenvalue weighted by molar-refractivity contribution is 6.32. The lowest BCUT2D eigenvalue weighted by molar-refractivity contribution is -0.0864. The molecule has 1 aliphatic carbocycles. The van der Waals surface area contributed by atoms with Gasteiger partial charge < -0.3 is 24.4 Å². The van der Waals surface area contributed by atoms with Crippen molar-refractivity contribution in [1.29, 1.82) is 5.26 Å². The number of aliphatic hydroxyl groups is 2. The van der Waals surface area contributed by atoms with Gasteiger partial charge in [-0.2, -0.15) is 5.26 Å². The van der Waals surface area contributed by atoms with Crippen LogP contribution in [0.4, 0.5) is 0 Å². The van der Waals surface area contributed by atoms with E-state index in [0.717, 1.165) is 11.1 Å². The third kappa shape index (κ3) is 7.61. The lowest BCUT2D eigenvalue weighted by atomic mass is 9.76. The summed E-state index contributed by atoms with van der Waals surface area (Å²) in [4.78, 5) is 16.8.